The van der Waals surface area contributed by atoms with E-state index in [0.29, 0.717) is 29.0 Å². The molecule has 208 valence electrons. The van der Waals surface area contributed by atoms with E-state index in [0.717, 1.165) is 46.8 Å². The number of halogens is 1. The minimum atomic E-state index is -1.19. The molecule has 1 saturated carbocycles. The van der Waals surface area contributed by atoms with Gasteiger partial charge in [-0.1, -0.05) is 17.7 Å². The lowest BCUT2D eigenvalue weighted by atomic mass is 9.66. The molecule has 5 heterocycles. The molecule has 3 aromatic heterocycles. The number of hydrogen-bond acceptors (Lipinski definition) is 9. The number of fused-ring (bicyclic) bond motifs is 4. The highest BCUT2D eigenvalue weighted by Crippen LogP contribution is 2.54. The number of nitrogens with one attached hydrogen (secondary N) is 1. The summed E-state index contributed by atoms with van der Waals surface area (Å²) < 4.78 is 8.22. The first kappa shape index (κ1) is 26.8. The third-order valence-corrected chi connectivity index (χ3v) is 9.58. The van der Waals surface area contributed by atoms with E-state index in [1.54, 1.807) is 29.0 Å². The van der Waals surface area contributed by atoms with Crippen molar-refractivity contribution in [1.82, 2.24) is 24.7 Å². The van der Waals surface area contributed by atoms with Gasteiger partial charge in [-0.3, -0.25) is 9.36 Å². The van der Waals surface area contributed by atoms with E-state index >= 15 is 0 Å². The van der Waals surface area contributed by atoms with Crippen LogP contribution in [-0.2, 0) is 22.8 Å². The normalized spacial score (nSPS) is 22.9. The molecule has 1 aliphatic carbocycles. The lowest BCUT2D eigenvalue weighted by Gasteiger charge is -2.51. The van der Waals surface area contributed by atoms with Crippen LogP contribution in [0, 0.1) is 13.8 Å². The first-order valence-electron chi connectivity index (χ1n) is 13.1. The standard InChI is InChI=1S/C28H29ClN6O4S/c1-14-11-17(15(2)30-19-5-6-20(29)31-22(19)24(37)38)21-18(12-14)23(36)35(4)25(32-21)28-9-7-27(8-10-28,13-39-28)26-34-33-16(3)40-26/h5-6,11-12,15,30H,7-10,13H2,1-4H3,(H,37,38)/t15-,27?,28?/m1/s1. The van der Waals surface area contributed by atoms with E-state index in [9.17, 15) is 14.7 Å². The van der Waals surface area contributed by atoms with Gasteiger partial charge in [0.25, 0.3) is 5.56 Å². The van der Waals surface area contributed by atoms with E-state index < -0.39 is 11.6 Å². The number of rotatable bonds is 6. The summed E-state index contributed by atoms with van der Waals surface area (Å²) in [6.45, 7) is 6.30. The topological polar surface area (TPSA) is 132 Å². The van der Waals surface area contributed by atoms with Gasteiger partial charge in [0.15, 0.2) is 5.69 Å². The number of pyridine rings is 1. The van der Waals surface area contributed by atoms with Crippen LogP contribution < -0.4 is 10.9 Å². The second kappa shape index (κ2) is 9.60. The fourth-order valence-corrected chi connectivity index (χ4v) is 7.16. The summed E-state index contributed by atoms with van der Waals surface area (Å²) in [4.78, 5) is 34.6. The Hall–Kier alpha value is -3.41. The van der Waals surface area contributed by atoms with Crippen molar-refractivity contribution in [3.63, 3.8) is 0 Å². The Morgan fingerprint density at radius 3 is 2.55 bits per heavy atom. The van der Waals surface area contributed by atoms with Gasteiger partial charge in [-0.15, -0.1) is 21.5 Å². The molecule has 0 radical (unpaired) electrons. The molecule has 12 heteroatoms. The van der Waals surface area contributed by atoms with Crippen LogP contribution in [0.4, 0.5) is 5.69 Å². The summed E-state index contributed by atoms with van der Waals surface area (Å²) in [5, 5.41) is 24.1. The quantitative estimate of drug-likeness (QED) is 0.300. The van der Waals surface area contributed by atoms with Gasteiger partial charge in [0.1, 0.15) is 26.6 Å². The maximum atomic E-state index is 13.7. The number of carbonyl (C=O) groups is 1. The van der Waals surface area contributed by atoms with E-state index in [1.165, 1.54) is 6.07 Å². The molecule has 1 atom stereocenters. The number of carboxylic acid groups (broad SMARTS) is 1. The Labute approximate surface area is 239 Å². The Morgan fingerprint density at radius 2 is 1.93 bits per heavy atom. The molecule has 2 saturated heterocycles. The van der Waals surface area contributed by atoms with Crippen molar-refractivity contribution in [2.45, 2.75) is 63.5 Å². The SMILES string of the molecule is Cc1cc([C@@H](C)Nc2ccc(Cl)nc2C(=O)O)c2nc(C34CCC(c5nnc(C)s5)(CC3)CO4)n(C)c(=O)c2c1. The highest BCUT2D eigenvalue weighted by Gasteiger charge is 2.54. The van der Waals surface area contributed by atoms with Crippen molar-refractivity contribution in [2.75, 3.05) is 11.9 Å². The Bertz CT molecular complexity index is 1710. The van der Waals surface area contributed by atoms with Gasteiger partial charge >= 0.3 is 5.97 Å². The molecular formula is C28H29ClN6O4S. The average molecular weight is 581 g/mol. The smallest absolute Gasteiger partial charge is 0.356 e. The van der Waals surface area contributed by atoms with Crippen molar-refractivity contribution in [3.05, 3.63) is 72.4 Å². The Morgan fingerprint density at radius 1 is 1.18 bits per heavy atom. The zero-order valence-electron chi connectivity index (χ0n) is 22.6. The Kier molecular flexibility index (Phi) is 6.43. The van der Waals surface area contributed by atoms with Crippen molar-refractivity contribution < 1.29 is 14.6 Å². The largest absolute Gasteiger partial charge is 0.476 e. The summed E-state index contributed by atoms with van der Waals surface area (Å²) in [6.07, 6.45) is 3.22. The second-order valence-corrected chi connectivity index (χ2v) is 12.5. The minimum Gasteiger partial charge on any atom is -0.476 e. The molecule has 1 aromatic carbocycles. The average Bonchev–Trinajstić information content (AvgIpc) is 3.39. The number of aryl methyl sites for hydroxylation is 2. The van der Waals surface area contributed by atoms with E-state index in [1.807, 2.05) is 32.9 Å². The minimum absolute atomic E-state index is 0.0934. The first-order chi connectivity index (χ1) is 19.0. The highest BCUT2D eigenvalue weighted by molar-refractivity contribution is 7.11. The van der Waals surface area contributed by atoms with E-state index in [2.05, 4.69) is 20.5 Å². The molecule has 0 spiro atoms. The number of aromatic nitrogens is 5. The maximum Gasteiger partial charge on any atom is 0.356 e. The lowest BCUT2D eigenvalue weighted by molar-refractivity contribution is -0.169. The van der Waals surface area contributed by atoms with Crippen molar-refractivity contribution in [3.8, 4) is 0 Å². The number of benzene rings is 1. The fourth-order valence-electron chi connectivity index (χ4n) is 6.09. The monoisotopic (exact) mass is 580 g/mol. The zero-order valence-corrected chi connectivity index (χ0v) is 24.2. The molecule has 10 nitrogen and oxygen atoms in total. The van der Waals surface area contributed by atoms with Crippen LogP contribution in [0.3, 0.4) is 0 Å². The van der Waals surface area contributed by atoms with Crippen LogP contribution in [0.25, 0.3) is 10.9 Å². The van der Waals surface area contributed by atoms with Gasteiger partial charge in [0.05, 0.1) is 29.2 Å². The van der Waals surface area contributed by atoms with Gasteiger partial charge in [-0.05, 0) is 70.2 Å². The van der Waals surface area contributed by atoms with Crippen LogP contribution in [0.1, 0.15) is 76.1 Å². The Balaban J connectivity index is 1.41. The van der Waals surface area contributed by atoms with Crippen LogP contribution in [0.15, 0.2) is 29.1 Å². The summed E-state index contributed by atoms with van der Waals surface area (Å²) in [5.41, 5.74) is 1.45. The molecule has 3 fully saturated rings. The molecule has 3 aliphatic rings. The number of anilines is 1. The molecule has 0 amide bonds. The van der Waals surface area contributed by atoms with Gasteiger partial charge in [-0.2, -0.15) is 0 Å². The summed E-state index contributed by atoms with van der Waals surface area (Å²) in [7, 11) is 1.76. The molecule has 2 aliphatic heterocycles. The van der Waals surface area contributed by atoms with Crippen LogP contribution >= 0.6 is 22.9 Å². The number of hydrogen-bond donors (Lipinski definition) is 2. The second-order valence-electron chi connectivity index (χ2n) is 10.9. The maximum absolute atomic E-state index is 13.7. The number of aromatic carboxylic acids is 1. The van der Waals surface area contributed by atoms with Crippen LogP contribution in [0.2, 0.25) is 5.15 Å². The molecule has 40 heavy (non-hydrogen) atoms. The third kappa shape index (κ3) is 4.27. The molecule has 2 N–H and O–H groups in total. The number of nitrogens with zero attached hydrogens (tertiary/aromatic N) is 5. The molecule has 7 rings (SSSR count). The molecule has 0 unspecified atom stereocenters. The fraction of sp³-hybridized carbons (Fsp3) is 0.429. The lowest BCUT2D eigenvalue weighted by Crippen LogP contribution is -2.53. The number of carboxylic acids is 1. The highest BCUT2D eigenvalue weighted by atomic mass is 35.5. The molecule has 2 bridgehead atoms. The van der Waals surface area contributed by atoms with E-state index in [4.69, 9.17) is 21.3 Å². The van der Waals surface area contributed by atoms with Gasteiger partial charge in [0, 0.05) is 18.0 Å². The molecule has 4 aromatic rings. The van der Waals surface area contributed by atoms with Gasteiger partial charge in [0.2, 0.25) is 0 Å². The van der Waals surface area contributed by atoms with Crippen LogP contribution in [0.5, 0.6) is 0 Å². The van der Waals surface area contributed by atoms with Gasteiger partial charge < -0.3 is 15.2 Å². The van der Waals surface area contributed by atoms with Crippen molar-refractivity contribution in [1.29, 1.82) is 0 Å². The third-order valence-electron chi connectivity index (χ3n) is 8.28. The summed E-state index contributed by atoms with van der Waals surface area (Å²) in [6, 6.07) is 6.56. The predicted octanol–water partition coefficient (Wildman–Crippen LogP) is 5.06. The zero-order chi connectivity index (χ0) is 28.4. The molecular weight excluding hydrogens is 552 g/mol. The predicted molar refractivity (Wildman–Crippen MR) is 152 cm³/mol. The van der Waals surface area contributed by atoms with E-state index in [-0.39, 0.29) is 27.9 Å². The first-order valence-corrected chi connectivity index (χ1v) is 14.3. The summed E-state index contributed by atoms with van der Waals surface area (Å²) >= 11 is 7.57. The van der Waals surface area contributed by atoms with Gasteiger partial charge in [-0.25, -0.2) is 14.8 Å². The number of ether oxygens (including phenoxy) is 1. The summed E-state index contributed by atoms with van der Waals surface area (Å²) in [5.74, 6) is -0.574. The van der Waals surface area contributed by atoms with Crippen LogP contribution in [-0.4, -0.2) is 42.4 Å². The van der Waals surface area contributed by atoms with Crippen molar-refractivity contribution >= 4 is 45.5 Å². The van der Waals surface area contributed by atoms with Crippen molar-refractivity contribution in [2.24, 2.45) is 7.05 Å².